The van der Waals surface area contributed by atoms with Crippen LogP contribution in [-0.2, 0) is 0 Å². The predicted octanol–water partition coefficient (Wildman–Crippen LogP) is 1.95. The highest BCUT2D eigenvalue weighted by molar-refractivity contribution is 6.28. The molecule has 108 valence electrons. The normalized spacial score (nSPS) is 12.8. The molecule has 1 aromatic heterocycles. The third-order valence-electron chi connectivity index (χ3n) is 2.62. The molecule has 1 unspecified atom stereocenters. The summed E-state index contributed by atoms with van der Waals surface area (Å²) in [5.74, 6) is 1.47. The standard InChI is InChI=1S/C12H23ClN6/c1-6-14-11-16-10(13)17-12(18-11)15-9(8(2)3)7-19(4)5/h8-9H,6-7H2,1-5H3,(H2,14,15,16,17,18). The largest absolute Gasteiger partial charge is 0.354 e. The van der Waals surface area contributed by atoms with Crippen molar-refractivity contribution in [1.82, 2.24) is 19.9 Å². The summed E-state index contributed by atoms with van der Waals surface area (Å²) >= 11 is 5.90. The third kappa shape index (κ3) is 5.57. The van der Waals surface area contributed by atoms with Gasteiger partial charge < -0.3 is 15.5 Å². The lowest BCUT2D eigenvalue weighted by atomic mass is 10.0. The molecule has 0 spiro atoms. The Hall–Kier alpha value is -1.14. The quantitative estimate of drug-likeness (QED) is 0.799. The number of anilines is 2. The highest BCUT2D eigenvalue weighted by Crippen LogP contribution is 2.13. The van der Waals surface area contributed by atoms with E-state index in [-0.39, 0.29) is 11.3 Å². The molecule has 1 rings (SSSR count). The molecular weight excluding hydrogens is 264 g/mol. The summed E-state index contributed by atoms with van der Waals surface area (Å²) in [7, 11) is 4.09. The summed E-state index contributed by atoms with van der Waals surface area (Å²) in [6.07, 6.45) is 0. The lowest BCUT2D eigenvalue weighted by Crippen LogP contribution is -2.37. The van der Waals surface area contributed by atoms with Gasteiger partial charge in [0, 0.05) is 19.1 Å². The number of aromatic nitrogens is 3. The van der Waals surface area contributed by atoms with Gasteiger partial charge in [-0.25, -0.2) is 0 Å². The van der Waals surface area contributed by atoms with E-state index in [4.69, 9.17) is 11.6 Å². The molecule has 0 fully saturated rings. The van der Waals surface area contributed by atoms with Crippen molar-refractivity contribution < 1.29 is 0 Å². The first-order valence-corrected chi connectivity index (χ1v) is 6.86. The number of hydrogen-bond donors (Lipinski definition) is 2. The molecule has 0 aliphatic rings. The molecule has 0 aliphatic heterocycles. The van der Waals surface area contributed by atoms with Crippen LogP contribution in [0.3, 0.4) is 0 Å². The van der Waals surface area contributed by atoms with Crippen LogP contribution in [0.4, 0.5) is 11.9 Å². The number of rotatable bonds is 7. The number of nitrogens with zero attached hydrogens (tertiary/aromatic N) is 4. The van der Waals surface area contributed by atoms with E-state index in [9.17, 15) is 0 Å². The highest BCUT2D eigenvalue weighted by Gasteiger charge is 2.16. The number of halogens is 1. The van der Waals surface area contributed by atoms with Crippen LogP contribution in [0, 0.1) is 5.92 Å². The van der Waals surface area contributed by atoms with Crippen LogP contribution in [0.1, 0.15) is 20.8 Å². The van der Waals surface area contributed by atoms with Crippen LogP contribution >= 0.6 is 11.6 Å². The number of likely N-dealkylation sites (N-methyl/N-ethyl adjacent to an activating group) is 1. The van der Waals surface area contributed by atoms with Gasteiger partial charge in [-0.05, 0) is 38.5 Å². The summed E-state index contributed by atoms with van der Waals surface area (Å²) in [6.45, 7) is 7.95. The van der Waals surface area contributed by atoms with Crippen molar-refractivity contribution in [1.29, 1.82) is 0 Å². The molecule has 6 nitrogen and oxygen atoms in total. The van der Waals surface area contributed by atoms with Gasteiger partial charge in [0.15, 0.2) is 0 Å². The lowest BCUT2D eigenvalue weighted by Gasteiger charge is -2.25. The highest BCUT2D eigenvalue weighted by atomic mass is 35.5. The van der Waals surface area contributed by atoms with Gasteiger partial charge in [0.05, 0.1) is 0 Å². The smallest absolute Gasteiger partial charge is 0.229 e. The Balaban J connectivity index is 2.83. The van der Waals surface area contributed by atoms with Crippen molar-refractivity contribution in [2.24, 2.45) is 5.92 Å². The zero-order valence-electron chi connectivity index (χ0n) is 12.2. The molecule has 19 heavy (non-hydrogen) atoms. The fourth-order valence-electron chi connectivity index (χ4n) is 1.63. The number of hydrogen-bond acceptors (Lipinski definition) is 6. The lowest BCUT2D eigenvalue weighted by molar-refractivity contribution is 0.343. The zero-order chi connectivity index (χ0) is 14.4. The van der Waals surface area contributed by atoms with Crippen LogP contribution in [0.5, 0.6) is 0 Å². The van der Waals surface area contributed by atoms with Crippen LogP contribution in [-0.4, -0.2) is 53.1 Å². The number of nitrogens with one attached hydrogen (secondary N) is 2. The molecule has 1 atom stereocenters. The molecule has 0 aromatic carbocycles. The monoisotopic (exact) mass is 286 g/mol. The topological polar surface area (TPSA) is 66.0 Å². The van der Waals surface area contributed by atoms with Crippen LogP contribution < -0.4 is 10.6 Å². The van der Waals surface area contributed by atoms with Gasteiger partial charge in [0.1, 0.15) is 0 Å². The predicted molar refractivity (Wildman–Crippen MR) is 79.8 cm³/mol. The van der Waals surface area contributed by atoms with Crippen molar-refractivity contribution in [2.45, 2.75) is 26.8 Å². The van der Waals surface area contributed by atoms with Gasteiger partial charge in [-0.1, -0.05) is 13.8 Å². The van der Waals surface area contributed by atoms with Crippen molar-refractivity contribution in [3.63, 3.8) is 0 Å². The molecule has 0 saturated heterocycles. The Labute approximate surface area is 120 Å². The van der Waals surface area contributed by atoms with Crippen molar-refractivity contribution in [3.8, 4) is 0 Å². The average Bonchev–Trinajstić information content (AvgIpc) is 2.27. The minimum atomic E-state index is 0.195. The molecular formula is C12H23ClN6. The first-order valence-electron chi connectivity index (χ1n) is 6.49. The van der Waals surface area contributed by atoms with E-state index in [0.29, 0.717) is 17.8 Å². The fourth-order valence-corrected chi connectivity index (χ4v) is 1.79. The molecule has 0 saturated carbocycles. The molecule has 0 amide bonds. The summed E-state index contributed by atoms with van der Waals surface area (Å²) in [4.78, 5) is 14.6. The van der Waals surface area contributed by atoms with Gasteiger partial charge in [0.25, 0.3) is 0 Å². The van der Waals surface area contributed by atoms with E-state index in [1.54, 1.807) is 0 Å². The van der Waals surface area contributed by atoms with Crippen molar-refractivity contribution in [3.05, 3.63) is 5.28 Å². The third-order valence-corrected chi connectivity index (χ3v) is 2.79. The second-order valence-electron chi connectivity index (χ2n) is 5.04. The minimum absolute atomic E-state index is 0.195. The molecule has 7 heteroatoms. The van der Waals surface area contributed by atoms with Crippen molar-refractivity contribution >= 4 is 23.5 Å². The van der Waals surface area contributed by atoms with Gasteiger partial charge in [-0.15, -0.1) is 0 Å². The zero-order valence-corrected chi connectivity index (χ0v) is 13.0. The van der Waals surface area contributed by atoms with Gasteiger partial charge >= 0.3 is 0 Å². The van der Waals surface area contributed by atoms with Gasteiger partial charge in [-0.3, -0.25) is 0 Å². The second kappa shape index (κ2) is 7.45. The molecule has 1 aromatic rings. The summed E-state index contributed by atoms with van der Waals surface area (Å²) in [5.41, 5.74) is 0. The van der Waals surface area contributed by atoms with Crippen LogP contribution in [0.15, 0.2) is 0 Å². The summed E-state index contributed by atoms with van der Waals surface area (Å²) < 4.78 is 0. The Bertz CT molecular complexity index is 396. The van der Waals surface area contributed by atoms with E-state index in [0.717, 1.165) is 13.1 Å². The maximum absolute atomic E-state index is 5.90. The second-order valence-corrected chi connectivity index (χ2v) is 5.38. The van der Waals surface area contributed by atoms with E-state index in [2.05, 4.69) is 44.3 Å². The average molecular weight is 287 g/mol. The maximum atomic E-state index is 5.90. The molecule has 0 aliphatic carbocycles. The van der Waals surface area contributed by atoms with Gasteiger partial charge in [0.2, 0.25) is 17.2 Å². The Morgan fingerprint density at radius 3 is 2.32 bits per heavy atom. The van der Waals surface area contributed by atoms with E-state index in [1.165, 1.54) is 0 Å². The Kier molecular flexibility index (Phi) is 6.24. The van der Waals surface area contributed by atoms with E-state index in [1.807, 2.05) is 21.0 Å². The Morgan fingerprint density at radius 2 is 1.79 bits per heavy atom. The molecule has 1 heterocycles. The molecule has 2 N–H and O–H groups in total. The van der Waals surface area contributed by atoms with Crippen molar-refractivity contribution in [2.75, 3.05) is 37.8 Å². The first-order chi connectivity index (χ1) is 8.92. The van der Waals surface area contributed by atoms with E-state index >= 15 is 0 Å². The van der Waals surface area contributed by atoms with E-state index < -0.39 is 0 Å². The molecule has 0 radical (unpaired) electrons. The maximum Gasteiger partial charge on any atom is 0.229 e. The van der Waals surface area contributed by atoms with Gasteiger partial charge in [-0.2, -0.15) is 15.0 Å². The Morgan fingerprint density at radius 1 is 1.16 bits per heavy atom. The summed E-state index contributed by atoms with van der Waals surface area (Å²) in [5, 5.41) is 6.55. The first kappa shape index (κ1) is 15.9. The minimum Gasteiger partial charge on any atom is -0.354 e. The fraction of sp³-hybridized carbons (Fsp3) is 0.750. The summed E-state index contributed by atoms with van der Waals surface area (Å²) in [6, 6.07) is 0.253. The van der Waals surface area contributed by atoms with Crippen LogP contribution in [0.25, 0.3) is 0 Å². The SMILES string of the molecule is CCNc1nc(Cl)nc(NC(CN(C)C)C(C)C)n1. The molecule has 0 bridgehead atoms. The van der Waals surface area contributed by atoms with Crippen LogP contribution in [0.2, 0.25) is 5.28 Å².